The number of sulfonamides is 1. The van der Waals surface area contributed by atoms with E-state index < -0.39 is 10.0 Å². The molecular formula is C15H17FN2O2S. The Labute approximate surface area is 124 Å². The van der Waals surface area contributed by atoms with E-state index >= 15 is 0 Å². The summed E-state index contributed by atoms with van der Waals surface area (Å²) in [7, 11) is -2.08. The molecule has 2 rings (SSSR count). The second-order valence-electron chi connectivity index (χ2n) is 4.67. The molecule has 0 aliphatic rings. The van der Waals surface area contributed by atoms with Gasteiger partial charge in [-0.2, -0.15) is 0 Å². The maximum Gasteiger partial charge on any atom is 0.240 e. The van der Waals surface area contributed by atoms with Crippen molar-refractivity contribution in [1.82, 2.24) is 4.72 Å². The lowest BCUT2D eigenvalue weighted by atomic mass is 10.1. The molecule has 0 amide bonds. The lowest BCUT2D eigenvalue weighted by Crippen LogP contribution is -2.18. The summed E-state index contributed by atoms with van der Waals surface area (Å²) in [5.41, 5.74) is 2.20. The van der Waals surface area contributed by atoms with Crippen LogP contribution in [0.4, 0.5) is 10.1 Å². The molecule has 4 nitrogen and oxygen atoms in total. The average Bonchev–Trinajstić information content (AvgIpc) is 2.49. The van der Waals surface area contributed by atoms with Crippen LogP contribution in [0.2, 0.25) is 0 Å². The number of nitrogens with one attached hydrogen (secondary N) is 2. The van der Waals surface area contributed by atoms with E-state index in [-0.39, 0.29) is 10.7 Å². The summed E-state index contributed by atoms with van der Waals surface area (Å²) in [4.78, 5) is 0.199. The minimum atomic E-state index is -3.46. The Kier molecular flexibility index (Phi) is 4.59. The molecule has 2 N–H and O–H groups in total. The highest BCUT2D eigenvalue weighted by Crippen LogP contribution is 2.17. The maximum absolute atomic E-state index is 13.2. The van der Waals surface area contributed by atoms with Crippen LogP contribution in [0.25, 0.3) is 0 Å². The molecular weight excluding hydrogens is 291 g/mol. The zero-order chi connectivity index (χ0) is 15.5. The van der Waals surface area contributed by atoms with Gasteiger partial charge in [0.2, 0.25) is 10.0 Å². The number of rotatable bonds is 5. The standard InChI is InChI=1S/C15H17FN2O2S/c1-11-8-12(6-7-15(11)16)10-18-13-4-3-5-14(9-13)21(19,20)17-2/h3-9,17-18H,10H2,1-2H3. The normalized spacial score (nSPS) is 11.4. The lowest BCUT2D eigenvalue weighted by Gasteiger charge is -2.09. The SMILES string of the molecule is CNS(=O)(=O)c1cccc(NCc2ccc(F)c(C)c2)c1. The van der Waals surface area contributed by atoms with Crippen molar-refractivity contribution in [3.05, 3.63) is 59.4 Å². The summed E-state index contributed by atoms with van der Waals surface area (Å²) >= 11 is 0. The van der Waals surface area contributed by atoms with Crippen LogP contribution < -0.4 is 10.0 Å². The fraction of sp³-hybridized carbons (Fsp3) is 0.200. The van der Waals surface area contributed by atoms with Gasteiger partial charge in [-0.25, -0.2) is 17.5 Å². The Balaban J connectivity index is 2.13. The van der Waals surface area contributed by atoms with E-state index in [4.69, 9.17) is 0 Å². The molecule has 0 atom stereocenters. The van der Waals surface area contributed by atoms with Gasteiger partial charge in [0, 0.05) is 12.2 Å². The molecule has 0 fully saturated rings. The number of aryl methyl sites for hydroxylation is 1. The summed E-state index contributed by atoms with van der Waals surface area (Å²) < 4.78 is 38.9. The van der Waals surface area contributed by atoms with E-state index in [9.17, 15) is 12.8 Å². The summed E-state index contributed by atoms with van der Waals surface area (Å²) in [6, 6.07) is 11.4. The lowest BCUT2D eigenvalue weighted by molar-refractivity contribution is 0.588. The minimum Gasteiger partial charge on any atom is -0.381 e. The van der Waals surface area contributed by atoms with Gasteiger partial charge < -0.3 is 5.32 Å². The van der Waals surface area contributed by atoms with E-state index in [1.165, 1.54) is 19.2 Å². The second kappa shape index (κ2) is 6.24. The van der Waals surface area contributed by atoms with Crippen LogP contribution in [-0.4, -0.2) is 15.5 Å². The molecule has 0 aromatic heterocycles. The highest BCUT2D eigenvalue weighted by molar-refractivity contribution is 7.89. The summed E-state index contributed by atoms with van der Waals surface area (Å²) in [5, 5.41) is 3.13. The van der Waals surface area contributed by atoms with Crippen molar-refractivity contribution in [3.8, 4) is 0 Å². The van der Waals surface area contributed by atoms with Crippen LogP contribution in [0.15, 0.2) is 47.4 Å². The Morgan fingerprint density at radius 2 is 1.90 bits per heavy atom. The minimum absolute atomic E-state index is 0.199. The molecule has 112 valence electrons. The average molecular weight is 308 g/mol. The monoisotopic (exact) mass is 308 g/mol. The van der Waals surface area contributed by atoms with Gasteiger partial charge in [-0.05, 0) is 49.4 Å². The van der Waals surface area contributed by atoms with Crippen molar-refractivity contribution in [1.29, 1.82) is 0 Å². The third-order valence-corrected chi connectivity index (χ3v) is 4.54. The van der Waals surface area contributed by atoms with Gasteiger partial charge in [-0.1, -0.05) is 18.2 Å². The van der Waals surface area contributed by atoms with Crippen molar-refractivity contribution in [2.75, 3.05) is 12.4 Å². The Bertz CT molecular complexity index is 745. The summed E-state index contributed by atoms with van der Waals surface area (Å²) in [6.45, 7) is 2.20. The third-order valence-electron chi connectivity index (χ3n) is 3.13. The second-order valence-corrected chi connectivity index (χ2v) is 6.56. The largest absolute Gasteiger partial charge is 0.381 e. The van der Waals surface area contributed by atoms with E-state index in [1.54, 1.807) is 37.3 Å². The molecule has 6 heteroatoms. The smallest absolute Gasteiger partial charge is 0.240 e. The van der Waals surface area contributed by atoms with Crippen molar-refractivity contribution < 1.29 is 12.8 Å². The fourth-order valence-corrected chi connectivity index (χ4v) is 2.69. The third kappa shape index (κ3) is 3.80. The number of halogens is 1. The quantitative estimate of drug-likeness (QED) is 0.893. The Morgan fingerprint density at radius 1 is 1.14 bits per heavy atom. The molecule has 0 heterocycles. The molecule has 2 aromatic carbocycles. The first-order valence-electron chi connectivity index (χ1n) is 6.45. The Hall–Kier alpha value is -1.92. The molecule has 0 saturated heterocycles. The van der Waals surface area contributed by atoms with Crippen molar-refractivity contribution in [3.63, 3.8) is 0 Å². The zero-order valence-electron chi connectivity index (χ0n) is 11.9. The van der Waals surface area contributed by atoms with Crippen LogP contribution in [0.5, 0.6) is 0 Å². The summed E-state index contributed by atoms with van der Waals surface area (Å²) in [5.74, 6) is -0.235. The van der Waals surface area contributed by atoms with Gasteiger partial charge in [0.1, 0.15) is 5.82 Å². The predicted molar refractivity (Wildman–Crippen MR) is 81.2 cm³/mol. The van der Waals surface area contributed by atoms with Gasteiger partial charge >= 0.3 is 0 Å². The Morgan fingerprint density at radius 3 is 2.57 bits per heavy atom. The number of hydrogen-bond donors (Lipinski definition) is 2. The van der Waals surface area contributed by atoms with Gasteiger partial charge in [-0.15, -0.1) is 0 Å². The highest BCUT2D eigenvalue weighted by atomic mass is 32.2. The molecule has 21 heavy (non-hydrogen) atoms. The molecule has 2 aromatic rings. The fourth-order valence-electron chi connectivity index (χ4n) is 1.91. The van der Waals surface area contributed by atoms with E-state index in [0.29, 0.717) is 17.8 Å². The van der Waals surface area contributed by atoms with Crippen LogP contribution in [0, 0.1) is 12.7 Å². The first-order chi connectivity index (χ1) is 9.92. The van der Waals surface area contributed by atoms with Crippen LogP contribution in [-0.2, 0) is 16.6 Å². The van der Waals surface area contributed by atoms with Gasteiger partial charge in [0.15, 0.2) is 0 Å². The van der Waals surface area contributed by atoms with Gasteiger partial charge in [0.05, 0.1) is 4.90 Å². The zero-order valence-corrected chi connectivity index (χ0v) is 12.7. The molecule has 0 aliphatic carbocycles. The predicted octanol–water partition coefficient (Wildman–Crippen LogP) is 2.65. The van der Waals surface area contributed by atoms with Crippen molar-refractivity contribution in [2.24, 2.45) is 0 Å². The van der Waals surface area contributed by atoms with Crippen molar-refractivity contribution >= 4 is 15.7 Å². The van der Waals surface area contributed by atoms with Crippen LogP contribution >= 0.6 is 0 Å². The molecule has 0 spiro atoms. The van der Waals surface area contributed by atoms with Crippen LogP contribution in [0.1, 0.15) is 11.1 Å². The topological polar surface area (TPSA) is 58.2 Å². The van der Waals surface area contributed by atoms with Gasteiger partial charge in [-0.3, -0.25) is 0 Å². The molecule has 0 saturated carbocycles. The van der Waals surface area contributed by atoms with E-state index in [0.717, 1.165) is 5.56 Å². The van der Waals surface area contributed by atoms with E-state index in [1.807, 2.05) is 0 Å². The highest BCUT2D eigenvalue weighted by Gasteiger charge is 2.11. The molecule has 0 radical (unpaired) electrons. The molecule has 0 aliphatic heterocycles. The maximum atomic E-state index is 13.2. The first-order valence-corrected chi connectivity index (χ1v) is 7.93. The van der Waals surface area contributed by atoms with Crippen molar-refractivity contribution in [2.45, 2.75) is 18.4 Å². The molecule has 0 unspecified atom stereocenters. The van der Waals surface area contributed by atoms with E-state index in [2.05, 4.69) is 10.0 Å². The summed E-state index contributed by atoms with van der Waals surface area (Å²) in [6.07, 6.45) is 0. The number of anilines is 1. The van der Waals surface area contributed by atoms with Crippen LogP contribution in [0.3, 0.4) is 0 Å². The number of benzene rings is 2. The molecule has 0 bridgehead atoms. The van der Waals surface area contributed by atoms with Gasteiger partial charge in [0.25, 0.3) is 0 Å². The number of hydrogen-bond acceptors (Lipinski definition) is 3. The first kappa shape index (κ1) is 15.5.